The lowest BCUT2D eigenvalue weighted by Gasteiger charge is -2.10. The van der Waals surface area contributed by atoms with Crippen molar-refractivity contribution in [3.05, 3.63) is 75.4 Å². The van der Waals surface area contributed by atoms with E-state index in [4.69, 9.17) is 11.6 Å². The van der Waals surface area contributed by atoms with Crippen molar-refractivity contribution in [3.8, 4) is 22.5 Å². The van der Waals surface area contributed by atoms with Crippen LogP contribution in [0.5, 0.6) is 0 Å². The quantitative estimate of drug-likeness (QED) is 0.455. The zero-order chi connectivity index (χ0) is 22.7. The molecule has 0 fully saturated rings. The van der Waals surface area contributed by atoms with Gasteiger partial charge in [0.2, 0.25) is 11.7 Å². The molecule has 0 unspecified atom stereocenters. The van der Waals surface area contributed by atoms with E-state index in [1.165, 1.54) is 0 Å². The van der Waals surface area contributed by atoms with Gasteiger partial charge in [0.25, 0.3) is 0 Å². The van der Waals surface area contributed by atoms with Crippen LogP contribution in [-0.2, 0) is 13.0 Å². The van der Waals surface area contributed by atoms with Gasteiger partial charge in [0.1, 0.15) is 5.15 Å². The summed E-state index contributed by atoms with van der Waals surface area (Å²) in [6, 6.07) is 15.8. The molecule has 0 bridgehead atoms. The van der Waals surface area contributed by atoms with E-state index < -0.39 is 5.69 Å². The molecule has 9 heteroatoms. The largest absolute Gasteiger partial charge is 0.336 e. The Morgan fingerprint density at radius 1 is 1.06 bits per heavy atom. The van der Waals surface area contributed by atoms with E-state index in [1.54, 1.807) is 11.5 Å². The second-order valence-corrected chi connectivity index (χ2v) is 7.77. The van der Waals surface area contributed by atoms with Crippen molar-refractivity contribution in [1.29, 1.82) is 0 Å². The van der Waals surface area contributed by atoms with Crippen LogP contribution in [0.15, 0.2) is 53.3 Å². The van der Waals surface area contributed by atoms with Crippen LogP contribution in [0.1, 0.15) is 42.7 Å². The van der Waals surface area contributed by atoms with Crippen LogP contribution in [0.4, 0.5) is 0 Å². The molecular formula is C23H23ClN6O2. The molecule has 164 valence electrons. The number of imidazole rings is 1. The van der Waals surface area contributed by atoms with E-state index in [-0.39, 0.29) is 17.5 Å². The number of nitrogens with one attached hydrogen (secondary N) is 1. The highest BCUT2D eigenvalue weighted by Gasteiger charge is 2.21. The number of rotatable bonds is 7. The fourth-order valence-corrected chi connectivity index (χ4v) is 4.11. The third-order valence-corrected chi connectivity index (χ3v) is 5.73. The molecule has 0 aliphatic rings. The standard InChI is InChI=1S/C23H23ClN6O2/c1-3-7-19-21(24)30(20(31)4-2)23(32)29(19)14-15-10-12-16(13-11-15)17-8-5-6-9-18(17)22-25-27-28-26-22/h5-6,8-13H,3-4,7,14H2,1-2H3,(H,25,26,27,28). The highest BCUT2D eigenvalue weighted by molar-refractivity contribution is 6.31. The molecule has 8 nitrogen and oxygen atoms in total. The number of hydrogen-bond donors (Lipinski definition) is 1. The number of benzene rings is 2. The highest BCUT2D eigenvalue weighted by Crippen LogP contribution is 2.30. The van der Waals surface area contributed by atoms with Crippen LogP contribution in [0.25, 0.3) is 22.5 Å². The maximum atomic E-state index is 13.0. The molecule has 4 rings (SSSR count). The highest BCUT2D eigenvalue weighted by atomic mass is 35.5. The number of nitrogens with zero attached hydrogens (tertiary/aromatic N) is 5. The first-order valence-electron chi connectivity index (χ1n) is 10.5. The van der Waals surface area contributed by atoms with Crippen molar-refractivity contribution in [2.75, 3.05) is 0 Å². The average Bonchev–Trinajstić information content (AvgIpc) is 3.43. The van der Waals surface area contributed by atoms with Crippen LogP contribution >= 0.6 is 11.6 Å². The summed E-state index contributed by atoms with van der Waals surface area (Å²) in [4.78, 5) is 25.2. The van der Waals surface area contributed by atoms with E-state index in [2.05, 4.69) is 20.6 Å². The number of aromatic nitrogens is 6. The molecule has 4 aromatic rings. The summed E-state index contributed by atoms with van der Waals surface area (Å²) in [7, 11) is 0. The maximum Gasteiger partial charge on any atom is 0.336 e. The van der Waals surface area contributed by atoms with Gasteiger partial charge in [-0.25, -0.2) is 9.36 Å². The SMILES string of the molecule is CCCc1c(Cl)n(C(=O)CC)c(=O)n1Cc1ccc(-c2ccccc2-c2nn[nH]n2)cc1. The second kappa shape index (κ2) is 9.32. The van der Waals surface area contributed by atoms with E-state index in [0.717, 1.165) is 33.2 Å². The Morgan fingerprint density at radius 2 is 1.78 bits per heavy atom. The number of H-pyrrole nitrogens is 1. The zero-order valence-electron chi connectivity index (χ0n) is 17.9. The first kappa shape index (κ1) is 21.7. The molecule has 0 amide bonds. The van der Waals surface area contributed by atoms with Crippen molar-refractivity contribution in [2.24, 2.45) is 0 Å². The Balaban J connectivity index is 1.68. The van der Waals surface area contributed by atoms with Gasteiger partial charge in [-0.3, -0.25) is 9.36 Å². The lowest BCUT2D eigenvalue weighted by Crippen LogP contribution is -2.29. The van der Waals surface area contributed by atoms with Crippen LogP contribution in [0.3, 0.4) is 0 Å². The van der Waals surface area contributed by atoms with Gasteiger partial charge in [-0.05, 0) is 28.3 Å². The second-order valence-electron chi connectivity index (χ2n) is 7.42. The molecule has 1 N–H and O–H groups in total. The topological polar surface area (TPSA) is 98.5 Å². The third-order valence-electron chi connectivity index (χ3n) is 5.34. The van der Waals surface area contributed by atoms with E-state index in [0.29, 0.717) is 24.5 Å². The van der Waals surface area contributed by atoms with E-state index in [1.807, 2.05) is 55.5 Å². The summed E-state index contributed by atoms with van der Waals surface area (Å²) < 4.78 is 2.68. The smallest absolute Gasteiger partial charge is 0.290 e. The number of hydrogen-bond acceptors (Lipinski definition) is 5. The first-order valence-corrected chi connectivity index (χ1v) is 10.9. The molecule has 2 heterocycles. The van der Waals surface area contributed by atoms with Crippen molar-refractivity contribution in [2.45, 2.75) is 39.7 Å². The summed E-state index contributed by atoms with van der Waals surface area (Å²) in [5.74, 6) is 0.224. The van der Waals surface area contributed by atoms with E-state index in [9.17, 15) is 9.59 Å². The Labute approximate surface area is 189 Å². The summed E-state index contributed by atoms with van der Waals surface area (Å²) in [5.41, 5.74) is 4.07. The number of carbonyl (C=O) groups is 1. The van der Waals surface area contributed by atoms with Crippen LogP contribution in [-0.4, -0.2) is 35.7 Å². The Morgan fingerprint density at radius 3 is 2.41 bits per heavy atom. The Kier molecular flexibility index (Phi) is 6.32. The number of tetrazole rings is 1. The van der Waals surface area contributed by atoms with Crippen LogP contribution in [0, 0.1) is 0 Å². The van der Waals surface area contributed by atoms with Gasteiger partial charge in [-0.15, -0.1) is 10.2 Å². The summed E-state index contributed by atoms with van der Waals surface area (Å²) >= 11 is 6.43. The zero-order valence-corrected chi connectivity index (χ0v) is 18.6. The van der Waals surface area contributed by atoms with Crippen LogP contribution in [0.2, 0.25) is 5.15 Å². The molecule has 0 aliphatic heterocycles. The van der Waals surface area contributed by atoms with Crippen molar-refractivity contribution < 1.29 is 4.79 Å². The fraction of sp³-hybridized carbons (Fsp3) is 0.261. The molecule has 0 spiro atoms. The fourth-order valence-electron chi connectivity index (χ4n) is 3.75. The molecule has 2 aromatic heterocycles. The van der Waals surface area contributed by atoms with Crippen molar-refractivity contribution in [1.82, 2.24) is 29.8 Å². The van der Waals surface area contributed by atoms with Crippen LogP contribution < -0.4 is 5.69 Å². The first-order chi connectivity index (χ1) is 15.5. The normalized spacial score (nSPS) is 11.1. The van der Waals surface area contributed by atoms with Crippen molar-refractivity contribution in [3.63, 3.8) is 0 Å². The molecule has 0 aliphatic carbocycles. The molecule has 32 heavy (non-hydrogen) atoms. The number of halogens is 1. The van der Waals surface area contributed by atoms with Crippen molar-refractivity contribution >= 4 is 17.5 Å². The molecule has 2 aromatic carbocycles. The minimum atomic E-state index is -0.392. The van der Waals surface area contributed by atoms with Gasteiger partial charge >= 0.3 is 5.69 Å². The number of carbonyl (C=O) groups excluding carboxylic acids is 1. The minimum Gasteiger partial charge on any atom is -0.290 e. The minimum absolute atomic E-state index is 0.212. The third kappa shape index (κ3) is 4.01. The van der Waals surface area contributed by atoms with Gasteiger partial charge in [-0.2, -0.15) is 5.21 Å². The predicted molar refractivity (Wildman–Crippen MR) is 123 cm³/mol. The summed E-state index contributed by atoms with van der Waals surface area (Å²) in [6.07, 6.45) is 1.65. The van der Waals surface area contributed by atoms with Gasteiger partial charge < -0.3 is 0 Å². The number of aromatic amines is 1. The molecule has 0 atom stereocenters. The lowest BCUT2D eigenvalue weighted by atomic mass is 9.98. The monoisotopic (exact) mass is 450 g/mol. The molecule has 0 radical (unpaired) electrons. The predicted octanol–water partition coefficient (Wildman–Crippen LogP) is 4.20. The Hall–Kier alpha value is -3.52. The van der Waals surface area contributed by atoms with Gasteiger partial charge in [0, 0.05) is 12.0 Å². The Bertz CT molecular complexity index is 1290. The van der Waals surface area contributed by atoms with Gasteiger partial charge in [0.05, 0.1) is 12.2 Å². The molecule has 0 saturated heterocycles. The molecular weight excluding hydrogens is 428 g/mol. The average molecular weight is 451 g/mol. The van der Waals surface area contributed by atoms with Gasteiger partial charge in [-0.1, -0.05) is 80.4 Å². The van der Waals surface area contributed by atoms with Gasteiger partial charge in [0.15, 0.2) is 0 Å². The lowest BCUT2D eigenvalue weighted by molar-refractivity contribution is 0.0904. The molecule has 0 saturated carbocycles. The van der Waals surface area contributed by atoms with E-state index >= 15 is 0 Å². The summed E-state index contributed by atoms with van der Waals surface area (Å²) in [5, 5.41) is 14.5. The summed E-state index contributed by atoms with van der Waals surface area (Å²) in [6.45, 7) is 4.07. The maximum absolute atomic E-state index is 13.0.